The lowest BCUT2D eigenvalue weighted by molar-refractivity contribution is 0.598. The molecule has 0 radical (unpaired) electrons. The average molecular weight is 224 g/mol. The predicted octanol–water partition coefficient (Wildman–Crippen LogP) is 0.119. The molecule has 3 N–H and O–H groups in total. The van der Waals surface area contributed by atoms with Gasteiger partial charge in [0.25, 0.3) is 0 Å². The van der Waals surface area contributed by atoms with Crippen LogP contribution in [0.25, 0.3) is 11.3 Å². The Morgan fingerprint density at radius 1 is 1.33 bits per heavy atom. The van der Waals surface area contributed by atoms with Gasteiger partial charge in [-0.3, -0.25) is 10.1 Å². The van der Waals surface area contributed by atoms with Crippen LogP contribution < -0.4 is 5.14 Å². The van der Waals surface area contributed by atoms with E-state index >= 15 is 0 Å². The molecule has 78 valence electrons. The van der Waals surface area contributed by atoms with Gasteiger partial charge >= 0.3 is 0 Å². The van der Waals surface area contributed by atoms with Crippen molar-refractivity contribution in [2.75, 3.05) is 0 Å². The fourth-order valence-electron chi connectivity index (χ4n) is 1.21. The first-order chi connectivity index (χ1) is 7.09. The molecule has 0 aliphatic carbocycles. The SMILES string of the molecule is NS(=O)(=O)c1cn[nH]c1-c1cccnc1. The molecule has 2 aromatic heterocycles. The second-order valence-corrected chi connectivity index (χ2v) is 4.43. The Bertz CT molecular complexity index is 561. The van der Waals surface area contributed by atoms with Gasteiger partial charge in [-0.1, -0.05) is 0 Å². The zero-order chi connectivity index (χ0) is 10.9. The van der Waals surface area contributed by atoms with Crippen LogP contribution in [0.1, 0.15) is 0 Å². The molecule has 2 rings (SSSR count). The topological polar surface area (TPSA) is 102 Å². The van der Waals surface area contributed by atoms with Crippen LogP contribution in [-0.2, 0) is 10.0 Å². The highest BCUT2D eigenvalue weighted by atomic mass is 32.2. The number of nitrogens with one attached hydrogen (secondary N) is 1. The molecule has 2 aromatic rings. The van der Waals surface area contributed by atoms with Crippen LogP contribution in [0.3, 0.4) is 0 Å². The molecule has 15 heavy (non-hydrogen) atoms. The second-order valence-electron chi connectivity index (χ2n) is 2.90. The first-order valence-electron chi connectivity index (χ1n) is 4.05. The Hall–Kier alpha value is -1.73. The van der Waals surface area contributed by atoms with Crippen molar-refractivity contribution in [2.24, 2.45) is 5.14 Å². The van der Waals surface area contributed by atoms with Crippen LogP contribution in [0.4, 0.5) is 0 Å². The monoisotopic (exact) mass is 224 g/mol. The van der Waals surface area contributed by atoms with E-state index in [0.29, 0.717) is 11.3 Å². The summed E-state index contributed by atoms with van der Waals surface area (Å²) in [6, 6.07) is 3.41. The van der Waals surface area contributed by atoms with Crippen LogP contribution >= 0.6 is 0 Å². The third-order valence-corrected chi connectivity index (χ3v) is 2.78. The predicted molar refractivity (Wildman–Crippen MR) is 53.2 cm³/mol. The highest BCUT2D eigenvalue weighted by Gasteiger charge is 2.17. The van der Waals surface area contributed by atoms with Crippen molar-refractivity contribution in [3.05, 3.63) is 30.7 Å². The van der Waals surface area contributed by atoms with E-state index in [1.807, 2.05) is 0 Å². The Balaban J connectivity index is 2.61. The van der Waals surface area contributed by atoms with Crippen LogP contribution in [0.5, 0.6) is 0 Å². The maximum absolute atomic E-state index is 11.2. The number of aromatic nitrogens is 3. The minimum Gasteiger partial charge on any atom is -0.276 e. The van der Waals surface area contributed by atoms with E-state index in [1.54, 1.807) is 18.3 Å². The Morgan fingerprint density at radius 2 is 2.13 bits per heavy atom. The molecule has 0 aromatic carbocycles. The molecule has 0 spiro atoms. The second kappa shape index (κ2) is 3.44. The summed E-state index contributed by atoms with van der Waals surface area (Å²) in [5.41, 5.74) is 0.977. The molecule has 0 aliphatic rings. The lowest BCUT2D eigenvalue weighted by Gasteiger charge is -1.99. The number of H-pyrrole nitrogens is 1. The molecule has 0 aliphatic heterocycles. The third-order valence-electron chi connectivity index (χ3n) is 1.86. The van der Waals surface area contributed by atoms with Crippen LogP contribution in [0.2, 0.25) is 0 Å². The van der Waals surface area contributed by atoms with Crippen LogP contribution in [0, 0.1) is 0 Å². The summed E-state index contributed by atoms with van der Waals surface area (Å²) in [7, 11) is -3.76. The molecular formula is C8H8N4O2S. The van der Waals surface area contributed by atoms with Gasteiger partial charge in [0.2, 0.25) is 10.0 Å². The van der Waals surface area contributed by atoms with Crippen molar-refractivity contribution in [1.82, 2.24) is 15.2 Å². The van der Waals surface area contributed by atoms with Crippen molar-refractivity contribution >= 4 is 10.0 Å². The van der Waals surface area contributed by atoms with Crippen molar-refractivity contribution in [3.8, 4) is 11.3 Å². The standard InChI is InChI=1S/C8H8N4O2S/c9-15(13,14)7-5-11-12-8(7)6-2-1-3-10-4-6/h1-5H,(H,11,12)(H2,9,13,14). The summed E-state index contributed by atoms with van der Waals surface area (Å²) in [5, 5.41) is 11.3. The highest BCUT2D eigenvalue weighted by Crippen LogP contribution is 2.22. The summed E-state index contributed by atoms with van der Waals surface area (Å²) in [6.07, 6.45) is 4.30. The van der Waals surface area contributed by atoms with E-state index in [1.165, 1.54) is 12.4 Å². The number of hydrogen-bond acceptors (Lipinski definition) is 4. The van der Waals surface area contributed by atoms with Crippen LogP contribution in [-0.4, -0.2) is 23.6 Å². The Labute approximate surface area is 86.2 Å². The molecule has 0 bridgehead atoms. The minimum absolute atomic E-state index is 0.0319. The highest BCUT2D eigenvalue weighted by molar-refractivity contribution is 7.89. The van der Waals surface area contributed by atoms with E-state index in [4.69, 9.17) is 5.14 Å². The maximum Gasteiger partial charge on any atom is 0.241 e. The van der Waals surface area contributed by atoms with Crippen molar-refractivity contribution < 1.29 is 8.42 Å². The van der Waals surface area contributed by atoms with Gasteiger partial charge in [-0.25, -0.2) is 13.6 Å². The van der Waals surface area contributed by atoms with Crippen molar-refractivity contribution in [2.45, 2.75) is 4.90 Å². The molecule has 6 nitrogen and oxygen atoms in total. The number of nitrogens with two attached hydrogens (primary N) is 1. The average Bonchev–Trinajstić information content (AvgIpc) is 2.67. The first kappa shape index (κ1) is 9.81. The van der Waals surface area contributed by atoms with Gasteiger partial charge in [0.05, 0.1) is 11.9 Å². The number of rotatable bonds is 2. The van der Waals surface area contributed by atoms with Gasteiger partial charge < -0.3 is 0 Å². The quantitative estimate of drug-likeness (QED) is 0.756. The van der Waals surface area contributed by atoms with Gasteiger partial charge in [-0.05, 0) is 12.1 Å². The maximum atomic E-state index is 11.2. The summed E-state index contributed by atoms with van der Waals surface area (Å²) in [5.74, 6) is 0. The largest absolute Gasteiger partial charge is 0.276 e. The summed E-state index contributed by atoms with van der Waals surface area (Å²) in [4.78, 5) is 3.85. The Kier molecular flexibility index (Phi) is 2.25. The van der Waals surface area contributed by atoms with Crippen LogP contribution in [0.15, 0.2) is 35.6 Å². The Morgan fingerprint density at radius 3 is 2.73 bits per heavy atom. The van der Waals surface area contributed by atoms with Crippen molar-refractivity contribution in [1.29, 1.82) is 0 Å². The summed E-state index contributed by atoms with van der Waals surface area (Å²) < 4.78 is 22.4. The van der Waals surface area contributed by atoms with Gasteiger partial charge in [0.15, 0.2) is 0 Å². The normalized spacial score (nSPS) is 11.5. The zero-order valence-corrected chi connectivity index (χ0v) is 8.40. The molecular weight excluding hydrogens is 216 g/mol. The summed E-state index contributed by atoms with van der Waals surface area (Å²) in [6.45, 7) is 0. The van der Waals surface area contributed by atoms with E-state index < -0.39 is 10.0 Å². The molecule has 2 heterocycles. The van der Waals surface area contributed by atoms with Gasteiger partial charge in [0.1, 0.15) is 4.90 Å². The fraction of sp³-hybridized carbons (Fsp3) is 0. The number of nitrogens with zero attached hydrogens (tertiary/aromatic N) is 2. The zero-order valence-electron chi connectivity index (χ0n) is 7.58. The minimum atomic E-state index is -3.76. The van der Waals surface area contributed by atoms with Gasteiger partial charge in [-0.2, -0.15) is 5.10 Å². The smallest absolute Gasteiger partial charge is 0.241 e. The number of primary sulfonamides is 1. The number of aromatic amines is 1. The van der Waals surface area contributed by atoms with Gasteiger partial charge in [-0.15, -0.1) is 0 Å². The molecule has 0 saturated heterocycles. The van der Waals surface area contributed by atoms with E-state index in [0.717, 1.165) is 0 Å². The lowest BCUT2D eigenvalue weighted by atomic mass is 10.2. The van der Waals surface area contributed by atoms with Gasteiger partial charge in [0, 0.05) is 18.0 Å². The number of pyridine rings is 1. The molecule has 0 atom stereocenters. The molecule has 7 heteroatoms. The molecule has 0 amide bonds. The summed E-state index contributed by atoms with van der Waals surface area (Å²) >= 11 is 0. The first-order valence-corrected chi connectivity index (χ1v) is 5.60. The van der Waals surface area contributed by atoms with E-state index in [2.05, 4.69) is 15.2 Å². The third kappa shape index (κ3) is 1.88. The molecule has 0 fully saturated rings. The van der Waals surface area contributed by atoms with E-state index in [-0.39, 0.29) is 4.90 Å². The molecule has 0 saturated carbocycles. The number of sulfonamides is 1. The van der Waals surface area contributed by atoms with Crippen molar-refractivity contribution in [3.63, 3.8) is 0 Å². The lowest BCUT2D eigenvalue weighted by Crippen LogP contribution is -2.12. The number of hydrogen-bond donors (Lipinski definition) is 2. The molecule has 0 unspecified atom stereocenters. The van der Waals surface area contributed by atoms with E-state index in [9.17, 15) is 8.42 Å². The fourth-order valence-corrected chi connectivity index (χ4v) is 1.86.